The fraction of sp³-hybridized carbons (Fsp3) is 0.233. The van der Waals surface area contributed by atoms with Crippen LogP contribution in [-0.2, 0) is 9.59 Å². The van der Waals surface area contributed by atoms with Gasteiger partial charge in [0.2, 0.25) is 0 Å². The molecule has 1 saturated heterocycles. The summed E-state index contributed by atoms with van der Waals surface area (Å²) < 4.78 is 17.1. The van der Waals surface area contributed by atoms with Crippen LogP contribution in [0.15, 0.2) is 65.6 Å². The average Bonchev–Trinajstić information content (AvgIpc) is 3.19. The van der Waals surface area contributed by atoms with E-state index < -0.39 is 5.91 Å². The minimum atomic E-state index is -0.404. The van der Waals surface area contributed by atoms with Gasteiger partial charge in [-0.05, 0) is 85.6 Å². The second-order valence-electron chi connectivity index (χ2n) is 8.91. The minimum Gasteiger partial charge on any atom is -0.490 e. The first-order valence-corrected chi connectivity index (χ1v) is 13.8. The van der Waals surface area contributed by atoms with Crippen LogP contribution in [0.2, 0.25) is 5.02 Å². The highest BCUT2D eigenvalue weighted by molar-refractivity contribution is 8.18. The Balaban J connectivity index is 1.39. The SMILES string of the molecule is CCOc1cc(/C=C2\SC(=O)N(CCOc3ccccc3Cl)C2=O)ccc1OCC(=O)Nc1cc(C)ccc1C. The summed E-state index contributed by atoms with van der Waals surface area (Å²) in [4.78, 5) is 39.3. The van der Waals surface area contributed by atoms with Crippen molar-refractivity contribution in [3.8, 4) is 17.2 Å². The highest BCUT2D eigenvalue weighted by Gasteiger charge is 2.34. The number of nitrogens with zero attached hydrogens (tertiary/aromatic N) is 1. The molecule has 40 heavy (non-hydrogen) atoms. The molecule has 0 unspecified atom stereocenters. The van der Waals surface area contributed by atoms with Crippen LogP contribution in [0.1, 0.15) is 23.6 Å². The number of para-hydroxylation sites is 1. The lowest BCUT2D eigenvalue weighted by atomic mass is 10.1. The Morgan fingerprint density at radius 2 is 1.77 bits per heavy atom. The van der Waals surface area contributed by atoms with Crippen LogP contribution >= 0.6 is 23.4 Å². The van der Waals surface area contributed by atoms with Crippen LogP contribution in [0.5, 0.6) is 17.2 Å². The third kappa shape index (κ3) is 7.37. The number of hydrogen-bond donors (Lipinski definition) is 1. The molecule has 208 valence electrons. The number of carbonyl (C=O) groups is 3. The van der Waals surface area contributed by atoms with Crippen molar-refractivity contribution in [2.45, 2.75) is 20.8 Å². The molecule has 4 rings (SSSR count). The summed E-state index contributed by atoms with van der Waals surface area (Å²) in [6.45, 7) is 6.09. The molecule has 3 aromatic carbocycles. The third-order valence-corrected chi connectivity index (χ3v) is 7.09. The van der Waals surface area contributed by atoms with Gasteiger partial charge in [0.25, 0.3) is 17.1 Å². The molecule has 1 aliphatic rings. The number of amides is 3. The van der Waals surface area contributed by atoms with Crippen LogP contribution in [0, 0.1) is 13.8 Å². The van der Waals surface area contributed by atoms with E-state index in [4.69, 9.17) is 25.8 Å². The van der Waals surface area contributed by atoms with E-state index in [0.717, 1.165) is 33.5 Å². The zero-order valence-corrected chi connectivity index (χ0v) is 23.9. The predicted molar refractivity (Wildman–Crippen MR) is 157 cm³/mol. The minimum absolute atomic E-state index is 0.0916. The summed E-state index contributed by atoms with van der Waals surface area (Å²) in [5.41, 5.74) is 3.38. The highest BCUT2D eigenvalue weighted by Crippen LogP contribution is 2.35. The molecule has 0 atom stereocenters. The van der Waals surface area contributed by atoms with E-state index in [-0.39, 0.29) is 35.8 Å². The number of rotatable bonds is 11. The van der Waals surface area contributed by atoms with Crippen LogP contribution < -0.4 is 19.5 Å². The van der Waals surface area contributed by atoms with Crippen molar-refractivity contribution >= 4 is 52.2 Å². The van der Waals surface area contributed by atoms with Crippen molar-refractivity contribution in [2.75, 3.05) is 31.7 Å². The van der Waals surface area contributed by atoms with Gasteiger partial charge >= 0.3 is 0 Å². The molecule has 0 radical (unpaired) electrons. The van der Waals surface area contributed by atoms with Crippen LogP contribution in [0.4, 0.5) is 10.5 Å². The Kier molecular flexibility index (Phi) is 9.74. The zero-order valence-electron chi connectivity index (χ0n) is 22.4. The second kappa shape index (κ2) is 13.4. The summed E-state index contributed by atoms with van der Waals surface area (Å²) in [7, 11) is 0. The van der Waals surface area contributed by atoms with Crippen molar-refractivity contribution in [3.63, 3.8) is 0 Å². The summed E-state index contributed by atoms with van der Waals surface area (Å²) in [5, 5.41) is 2.94. The smallest absolute Gasteiger partial charge is 0.293 e. The largest absolute Gasteiger partial charge is 0.490 e. The second-order valence-corrected chi connectivity index (χ2v) is 10.3. The molecule has 0 aromatic heterocycles. The Morgan fingerprint density at radius 3 is 2.55 bits per heavy atom. The van der Waals surface area contributed by atoms with Gasteiger partial charge in [0.05, 0.1) is 23.1 Å². The Morgan fingerprint density at radius 1 is 0.975 bits per heavy atom. The maximum atomic E-state index is 12.9. The number of ether oxygens (including phenoxy) is 3. The Bertz CT molecular complexity index is 1460. The molecule has 1 fully saturated rings. The summed E-state index contributed by atoms with van der Waals surface area (Å²) in [6.07, 6.45) is 1.62. The van der Waals surface area contributed by atoms with Gasteiger partial charge in [0.15, 0.2) is 18.1 Å². The predicted octanol–water partition coefficient (Wildman–Crippen LogP) is 6.49. The van der Waals surface area contributed by atoms with Gasteiger partial charge in [0.1, 0.15) is 12.4 Å². The van der Waals surface area contributed by atoms with Crippen molar-refractivity contribution in [2.24, 2.45) is 0 Å². The monoisotopic (exact) mass is 580 g/mol. The van der Waals surface area contributed by atoms with E-state index in [0.29, 0.717) is 34.4 Å². The van der Waals surface area contributed by atoms with E-state index >= 15 is 0 Å². The van der Waals surface area contributed by atoms with Gasteiger partial charge < -0.3 is 19.5 Å². The molecular weight excluding hydrogens is 552 g/mol. The maximum Gasteiger partial charge on any atom is 0.293 e. The van der Waals surface area contributed by atoms with E-state index in [1.807, 2.05) is 39.0 Å². The lowest BCUT2D eigenvalue weighted by molar-refractivity contribution is -0.123. The average molecular weight is 581 g/mol. The van der Waals surface area contributed by atoms with E-state index in [1.54, 1.807) is 48.5 Å². The number of carbonyl (C=O) groups excluding carboxylic acids is 3. The van der Waals surface area contributed by atoms with E-state index in [2.05, 4.69) is 5.32 Å². The molecule has 0 bridgehead atoms. The van der Waals surface area contributed by atoms with Crippen LogP contribution in [-0.4, -0.2) is 48.3 Å². The standard InChI is InChI=1S/C30H29ClN2O6S/c1-4-37-26-16-21(11-12-25(26)39-18-28(34)32-23-15-19(2)9-10-20(23)3)17-27-29(35)33(30(36)40-27)13-14-38-24-8-6-5-7-22(24)31/h5-12,15-17H,4,13-14,18H2,1-3H3,(H,32,34)/b27-17-. The molecule has 3 aromatic rings. The first-order chi connectivity index (χ1) is 19.2. The van der Waals surface area contributed by atoms with Gasteiger partial charge in [-0.2, -0.15) is 0 Å². The third-order valence-electron chi connectivity index (χ3n) is 5.87. The molecule has 0 saturated carbocycles. The Hall–Kier alpha value is -3.95. The van der Waals surface area contributed by atoms with Gasteiger partial charge in [-0.1, -0.05) is 41.9 Å². The number of halogens is 1. The molecular formula is C30H29ClN2O6S. The van der Waals surface area contributed by atoms with Crippen LogP contribution in [0.25, 0.3) is 6.08 Å². The maximum absolute atomic E-state index is 12.9. The molecule has 0 aliphatic carbocycles. The Labute approximate surface area is 242 Å². The van der Waals surface area contributed by atoms with Gasteiger partial charge in [0, 0.05) is 5.69 Å². The quantitative estimate of drug-likeness (QED) is 0.259. The number of imide groups is 1. The topological polar surface area (TPSA) is 94.2 Å². The first kappa shape index (κ1) is 29.0. The van der Waals surface area contributed by atoms with E-state index in [9.17, 15) is 14.4 Å². The fourth-order valence-corrected chi connectivity index (χ4v) is 4.91. The fourth-order valence-electron chi connectivity index (χ4n) is 3.85. The summed E-state index contributed by atoms with van der Waals surface area (Å²) >= 11 is 6.95. The number of benzene rings is 3. The zero-order chi connectivity index (χ0) is 28.6. The molecule has 1 N–H and O–H groups in total. The molecule has 1 aliphatic heterocycles. The van der Waals surface area contributed by atoms with E-state index in [1.165, 1.54) is 0 Å². The summed E-state index contributed by atoms with van der Waals surface area (Å²) in [6, 6.07) is 17.9. The van der Waals surface area contributed by atoms with Crippen LogP contribution in [0.3, 0.4) is 0 Å². The number of anilines is 1. The van der Waals surface area contributed by atoms with Gasteiger partial charge in [-0.15, -0.1) is 0 Å². The van der Waals surface area contributed by atoms with Gasteiger partial charge in [-0.3, -0.25) is 19.3 Å². The highest BCUT2D eigenvalue weighted by atomic mass is 35.5. The summed E-state index contributed by atoms with van der Waals surface area (Å²) in [5.74, 6) is 0.592. The molecule has 1 heterocycles. The van der Waals surface area contributed by atoms with Crippen molar-refractivity contribution in [1.29, 1.82) is 0 Å². The van der Waals surface area contributed by atoms with Crippen molar-refractivity contribution < 1.29 is 28.6 Å². The first-order valence-electron chi connectivity index (χ1n) is 12.6. The normalized spacial score (nSPS) is 14.0. The van der Waals surface area contributed by atoms with Gasteiger partial charge in [-0.25, -0.2) is 0 Å². The molecule has 3 amide bonds. The number of hydrogen-bond acceptors (Lipinski definition) is 7. The molecule has 8 nitrogen and oxygen atoms in total. The lowest BCUT2D eigenvalue weighted by Crippen LogP contribution is -2.32. The molecule has 0 spiro atoms. The molecule has 10 heteroatoms. The number of nitrogens with one attached hydrogen (secondary N) is 1. The number of aryl methyl sites for hydroxylation is 2. The van der Waals surface area contributed by atoms with Crippen molar-refractivity contribution in [1.82, 2.24) is 4.90 Å². The van der Waals surface area contributed by atoms with Crippen molar-refractivity contribution in [3.05, 3.63) is 87.3 Å². The lowest BCUT2D eigenvalue weighted by Gasteiger charge is -2.14. The number of thioether (sulfide) groups is 1.